The van der Waals surface area contributed by atoms with E-state index in [-0.39, 0.29) is 33.6 Å². The van der Waals surface area contributed by atoms with Gasteiger partial charge in [0, 0.05) is 19.7 Å². The van der Waals surface area contributed by atoms with E-state index < -0.39 is 21.9 Å². The zero-order valence-electron chi connectivity index (χ0n) is 13.7. The van der Waals surface area contributed by atoms with E-state index in [1.165, 1.54) is 36.9 Å². The van der Waals surface area contributed by atoms with Gasteiger partial charge in [-0.3, -0.25) is 18.7 Å². The molecule has 0 aliphatic heterocycles. The Labute approximate surface area is 157 Å². The largest absolute Gasteiger partial charge is 0.507 e. The summed E-state index contributed by atoms with van der Waals surface area (Å²) in [5.41, 5.74) is -1.11. The third kappa shape index (κ3) is 2.79. The summed E-state index contributed by atoms with van der Waals surface area (Å²) in [5, 5.41) is 10.0. The number of phenols is 1. The molecule has 7 nitrogen and oxygen atoms in total. The number of fused-ring (bicyclic) bond motifs is 1. The van der Waals surface area contributed by atoms with E-state index >= 15 is 0 Å². The van der Waals surface area contributed by atoms with Crippen LogP contribution >= 0.6 is 23.2 Å². The molecule has 0 saturated heterocycles. The highest BCUT2D eigenvalue weighted by Gasteiger charge is 2.24. The minimum Gasteiger partial charge on any atom is -0.507 e. The Morgan fingerprint density at radius 2 is 1.77 bits per heavy atom. The molecule has 0 saturated carbocycles. The van der Waals surface area contributed by atoms with Crippen LogP contribution in [0.4, 0.5) is 0 Å². The first-order valence-electron chi connectivity index (χ1n) is 7.45. The second-order valence-corrected chi connectivity index (χ2v) is 6.74. The van der Waals surface area contributed by atoms with Crippen LogP contribution in [0.15, 0.2) is 39.9 Å². The van der Waals surface area contributed by atoms with Gasteiger partial charge in [0.05, 0.1) is 16.6 Å². The maximum atomic E-state index is 12.9. The molecule has 0 unspecified atom stereocenters. The summed E-state index contributed by atoms with van der Waals surface area (Å²) < 4.78 is 2.08. The van der Waals surface area contributed by atoms with Crippen molar-refractivity contribution in [2.24, 2.45) is 14.1 Å². The fraction of sp³-hybridized carbons (Fsp3) is 0.176. The number of alkyl halides is 2. The number of hydrogen-bond acceptors (Lipinski definition) is 5. The number of para-hydroxylation sites is 1. The van der Waals surface area contributed by atoms with Gasteiger partial charge in [0.2, 0.25) is 0 Å². The molecule has 0 aliphatic rings. The Kier molecular flexibility index (Phi) is 4.60. The highest BCUT2D eigenvalue weighted by molar-refractivity contribution is 6.44. The number of ketones is 1. The summed E-state index contributed by atoms with van der Waals surface area (Å²) in [6, 6.07) is 7.25. The van der Waals surface area contributed by atoms with Crippen molar-refractivity contribution in [3.8, 4) is 5.75 Å². The lowest BCUT2D eigenvalue weighted by atomic mass is 10.0. The van der Waals surface area contributed by atoms with Crippen LogP contribution < -0.4 is 11.2 Å². The molecule has 0 radical (unpaired) electrons. The summed E-state index contributed by atoms with van der Waals surface area (Å²) in [4.78, 5) is 40.4. The lowest BCUT2D eigenvalue weighted by molar-refractivity contribution is 0.103. The van der Waals surface area contributed by atoms with E-state index in [4.69, 9.17) is 23.2 Å². The molecule has 9 heteroatoms. The number of halogens is 2. The van der Waals surface area contributed by atoms with Crippen LogP contribution in [0, 0.1) is 0 Å². The molecule has 3 aromatic rings. The number of aromatic hydroxyl groups is 1. The van der Waals surface area contributed by atoms with Gasteiger partial charge in [-0.1, -0.05) is 35.3 Å². The minimum atomic E-state index is -1.18. The van der Waals surface area contributed by atoms with E-state index in [1.807, 2.05) is 0 Å². The predicted octanol–water partition coefficient (Wildman–Crippen LogP) is 2.04. The normalized spacial score (nSPS) is 11.3. The van der Waals surface area contributed by atoms with Crippen molar-refractivity contribution in [3.05, 3.63) is 68.0 Å². The van der Waals surface area contributed by atoms with E-state index in [0.717, 1.165) is 4.57 Å². The standard InChI is InChI=1S/C17H13Cl2N3O4/c1-21-15-10(16(25)22(2)17(21)26)7-9(12(20-15)14(18)19)13(24)8-5-3-4-6-11(8)23/h3-7,14,23H,1-2H3. The number of benzene rings is 1. The van der Waals surface area contributed by atoms with Crippen LogP contribution in [0.3, 0.4) is 0 Å². The van der Waals surface area contributed by atoms with Crippen LogP contribution in [0.1, 0.15) is 26.5 Å². The molecule has 2 heterocycles. The van der Waals surface area contributed by atoms with Gasteiger partial charge in [-0.05, 0) is 18.2 Å². The number of nitrogens with zero attached hydrogens (tertiary/aromatic N) is 3. The van der Waals surface area contributed by atoms with Crippen molar-refractivity contribution in [1.29, 1.82) is 0 Å². The van der Waals surface area contributed by atoms with E-state index in [9.17, 15) is 19.5 Å². The average molecular weight is 394 g/mol. The molecule has 1 N–H and O–H groups in total. The molecule has 1 aromatic carbocycles. The molecule has 134 valence electrons. The van der Waals surface area contributed by atoms with Crippen LogP contribution in [-0.2, 0) is 14.1 Å². The number of rotatable bonds is 3. The topological polar surface area (TPSA) is 94.2 Å². The lowest BCUT2D eigenvalue weighted by Gasteiger charge is -2.13. The van der Waals surface area contributed by atoms with Gasteiger partial charge in [-0.25, -0.2) is 9.78 Å². The number of aryl methyl sites for hydroxylation is 1. The second kappa shape index (κ2) is 6.59. The van der Waals surface area contributed by atoms with Crippen LogP contribution in [-0.4, -0.2) is 25.0 Å². The van der Waals surface area contributed by atoms with Crippen molar-refractivity contribution in [3.63, 3.8) is 0 Å². The monoisotopic (exact) mass is 393 g/mol. The van der Waals surface area contributed by atoms with Crippen molar-refractivity contribution in [1.82, 2.24) is 14.1 Å². The van der Waals surface area contributed by atoms with Gasteiger partial charge in [0.25, 0.3) is 5.56 Å². The Hall–Kier alpha value is -2.64. The third-order valence-corrected chi connectivity index (χ3v) is 4.47. The summed E-state index contributed by atoms with van der Waals surface area (Å²) in [6.45, 7) is 0. The first kappa shape index (κ1) is 18.2. The zero-order valence-corrected chi connectivity index (χ0v) is 15.2. The molecule has 0 aliphatic carbocycles. The quantitative estimate of drug-likeness (QED) is 0.542. The number of pyridine rings is 1. The molecule has 0 bridgehead atoms. The molecule has 0 spiro atoms. The van der Waals surface area contributed by atoms with Crippen molar-refractivity contribution in [2.75, 3.05) is 0 Å². The van der Waals surface area contributed by atoms with E-state index in [2.05, 4.69) is 4.98 Å². The Bertz CT molecular complexity index is 1170. The predicted molar refractivity (Wildman–Crippen MR) is 98.2 cm³/mol. The fourth-order valence-corrected chi connectivity index (χ4v) is 3.01. The fourth-order valence-electron chi connectivity index (χ4n) is 2.67. The first-order valence-corrected chi connectivity index (χ1v) is 8.32. The smallest absolute Gasteiger partial charge is 0.332 e. The summed E-state index contributed by atoms with van der Waals surface area (Å²) in [6.07, 6.45) is 0. The number of carbonyl (C=O) groups excluding carboxylic acids is 1. The number of aromatic nitrogens is 3. The number of carbonyl (C=O) groups is 1. The van der Waals surface area contributed by atoms with Crippen LogP contribution in [0.25, 0.3) is 11.0 Å². The lowest BCUT2D eigenvalue weighted by Crippen LogP contribution is -2.37. The van der Waals surface area contributed by atoms with E-state index in [1.54, 1.807) is 12.1 Å². The summed E-state index contributed by atoms with van der Waals surface area (Å²) in [5.74, 6) is -0.813. The molecule has 3 rings (SSSR count). The van der Waals surface area contributed by atoms with Gasteiger partial charge in [0.15, 0.2) is 5.78 Å². The molecule has 0 fully saturated rings. The SMILES string of the molecule is Cn1c(=O)c2cc(C(=O)c3ccccc3O)c(C(Cl)Cl)nc2n(C)c1=O. The first-order chi connectivity index (χ1) is 12.2. The van der Waals surface area contributed by atoms with Crippen LogP contribution in [0.2, 0.25) is 0 Å². The molecule has 26 heavy (non-hydrogen) atoms. The van der Waals surface area contributed by atoms with Crippen LogP contribution in [0.5, 0.6) is 5.75 Å². The van der Waals surface area contributed by atoms with Gasteiger partial charge >= 0.3 is 5.69 Å². The molecular formula is C17H13Cl2N3O4. The Morgan fingerprint density at radius 3 is 2.38 bits per heavy atom. The Balaban J connectivity index is 2.40. The van der Waals surface area contributed by atoms with Crippen molar-refractivity contribution in [2.45, 2.75) is 4.84 Å². The Morgan fingerprint density at radius 1 is 1.12 bits per heavy atom. The second-order valence-electron chi connectivity index (χ2n) is 5.65. The van der Waals surface area contributed by atoms with E-state index in [0.29, 0.717) is 0 Å². The molecule has 2 aromatic heterocycles. The minimum absolute atomic E-state index is 0.00246. The molecular weight excluding hydrogens is 381 g/mol. The maximum absolute atomic E-state index is 12.9. The highest BCUT2D eigenvalue weighted by Crippen LogP contribution is 2.30. The number of phenolic OH excluding ortho intramolecular Hbond substituents is 1. The summed E-state index contributed by atoms with van der Waals surface area (Å²) in [7, 11) is 2.78. The number of hydrogen-bond donors (Lipinski definition) is 1. The van der Waals surface area contributed by atoms with Gasteiger partial charge in [-0.15, -0.1) is 0 Å². The zero-order chi connectivity index (χ0) is 19.2. The maximum Gasteiger partial charge on any atom is 0.332 e. The van der Waals surface area contributed by atoms with Crippen molar-refractivity contribution < 1.29 is 9.90 Å². The summed E-state index contributed by atoms with van der Waals surface area (Å²) >= 11 is 11.9. The third-order valence-electron chi connectivity index (χ3n) is 4.06. The van der Waals surface area contributed by atoms with Gasteiger partial charge in [-0.2, -0.15) is 0 Å². The highest BCUT2D eigenvalue weighted by atomic mass is 35.5. The van der Waals surface area contributed by atoms with Gasteiger partial charge < -0.3 is 5.11 Å². The van der Waals surface area contributed by atoms with Gasteiger partial charge in [0.1, 0.15) is 16.2 Å². The average Bonchev–Trinajstić information content (AvgIpc) is 2.63. The molecule has 0 amide bonds. The van der Waals surface area contributed by atoms with Crippen molar-refractivity contribution >= 4 is 40.0 Å². The molecule has 0 atom stereocenters.